The molecule has 0 aliphatic rings. The third-order valence-corrected chi connectivity index (χ3v) is 6.10. The Morgan fingerprint density at radius 3 is 2.42 bits per heavy atom. The molecule has 1 N–H and O–H groups in total. The maximum atomic E-state index is 12.5. The van der Waals surface area contributed by atoms with Crippen molar-refractivity contribution >= 4 is 46.7 Å². The summed E-state index contributed by atoms with van der Waals surface area (Å²) in [4.78, 5) is 30.3. The molecule has 0 atom stereocenters. The molecule has 6 nitrogen and oxygen atoms in total. The molecule has 2 aromatic carbocycles. The lowest BCUT2D eigenvalue weighted by atomic mass is 10.0. The number of hydrogen-bond donors (Lipinski definition) is 1. The van der Waals surface area contributed by atoms with E-state index in [1.807, 2.05) is 19.1 Å². The zero-order valence-corrected chi connectivity index (χ0v) is 18.9. The largest absolute Gasteiger partial charge is 0.301 e. The summed E-state index contributed by atoms with van der Waals surface area (Å²) in [6, 6.07) is 11.6. The third-order valence-electron chi connectivity index (χ3n) is 4.57. The van der Waals surface area contributed by atoms with Gasteiger partial charge < -0.3 is 4.98 Å². The van der Waals surface area contributed by atoms with Crippen LogP contribution >= 0.6 is 35.0 Å². The number of nitro groups is 1. The molecule has 1 heterocycles. The van der Waals surface area contributed by atoms with Gasteiger partial charge in [0.25, 0.3) is 11.2 Å². The van der Waals surface area contributed by atoms with E-state index in [1.165, 1.54) is 23.9 Å². The molecule has 0 fully saturated rings. The van der Waals surface area contributed by atoms with Crippen LogP contribution in [0.2, 0.25) is 10.0 Å². The lowest BCUT2D eigenvalue weighted by Crippen LogP contribution is -2.18. The van der Waals surface area contributed by atoms with Crippen LogP contribution in [0.5, 0.6) is 0 Å². The Kier molecular flexibility index (Phi) is 7.90. The quantitative estimate of drug-likeness (QED) is 0.188. The third kappa shape index (κ3) is 5.97. The van der Waals surface area contributed by atoms with Crippen molar-refractivity contribution in [3.05, 3.63) is 101 Å². The van der Waals surface area contributed by atoms with Gasteiger partial charge in [0.05, 0.1) is 10.6 Å². The van der Waals surface area contributed by atoms with Crippen LogP contribution in [0.3, 0.4) is 0 Å². The van der Waals surface area contributed by atoms with Crippen LogP contribution in [-0.4, -0.2) is 20.6 Å². The fourth-order valence-corrected chi connectivity index (χ4v) is 4.21. The van der Waals surface area contributed by atoms with E-state index in [0.29, 0.717) is 45.1 Å². The van der Waals surface area contributed by atoms with E-state index >= 15 is 0 Å². The van der Waals surface area contributed by atoms with Crippen LogP contribution in [0.25, 0.3) is 6.08 Å². The molecule has 3 aromatic rings. The average molecular weight is 476 g/mol. The number of benzene rings is 2. The minimum atomic E-state index is -0.432. The number of hydrogen-bond acceptors (Lipinski definition) is 5. The van der Waals surface area contributed by atoms with Gasteiger partial charge in [-0.2, -0.15) is 0 Å². The number of nitro benzene ring substituents is 1. The molecule has 0 amide bonds. The van der Waals surface area contributed by atoms with Gasteiger partial charge in [0, 0.05) is 39.9 Å². The second-order valence-corrected chi connectivity index (χ2v) is 8.41. The predicted molar refractivity (Wildman–Crippen MR) is 126 cm³/mol. The molecule has 0 aliphatic heterocycles. The summed E-state index contributed by atoms with van der Waals surface area (Å²) in [5.41, 5.74) is 2.74. The van der Waals surface area contributed by atoms with Crippen LogP contribution in [0, 0.1) is 10.1 Å². The van der Waals surface area contributed by atoms with Gasteiger partial charge in [-0.3, -0.25) is 14.9 Å². The zero-order valence-electron chi connectivity index (χ0n) is 16.6. The summed E-state index contributed by atoms with van der Waals surface area (Å²) in [6.07, 6.45) is 4.69. The standard InChI is InChI=1S/C22H19Cl2N3O3S/c1-2-16-20(13-17-18(23)6-3-7-19(17)24)25-22(26-21(16)28)31-12-4-5-14-8-10-15(11-9-14)27(29)30/h3-11H,2,12-13H2,1H3,(H,25,26,28)/b5-4+. The molecule has 9 heteroatoms. The Bertz CT molecular complexity index is 1160. The first-order valence-electron chi connectivity index (χ1n) is 9.47. The highest BCUT2D eigenvalue weighted by atomic mass is 35.5. The normalized spacial score (nSPS) is 11.2. The molecule has 0 saturated heterocycles. The van der Waals surface area contributed by atoms with Gasteiger partial charge in [-0.05, 0) is 41.8 Å². The average Bonchev–Trinajstić information content (AvgIpc) is 2.74. The summed E-state index contributed by atoms with van der Waals surface area (Å²) in [7, 11) is 0. The SMILES string of the molecule is CCc1c(Cc2c(Cl)cccc2Cl)nc(SC/C=C/c2ccc([N+](=O)[O-])cc2)[nH]c1=O. The molecule has 3 rings (SSSR count). The molecule has 0 unspecified atom stereocenters. The molecule has 31 heavy (non-hydrogen) atoms. The first-order valence-corrected chi connectivity index (χ1v) is 11.2. The van der Waals surface area contributed by atoms with Crippen molar-refractivity contribution in [1.29, 1.82) is 0 Å². The summed E-state index contributed by atoms with van der Waals surface area (Å²) in [5, 5.41) is 12.3. The number of aromatic nitrogens is 2. The van der Waals surface area contributed by atoms with E-state index in [0.717, 1.165) is 11.1 Å². The Hall–Kier alpha value is -2.61. The van der Waals surface area contributed by atoms with E-state index in [4.69, 9.17) is 23.2 Å². The summed E-state index contributed by atoms with van der Waals surface area (Å²) < 4.78 is 0. The Morgan fingerprint density at radius 2 is 1.81 bits per heavy atom. The number of nitrogens with zero attached hydrogens (tertiary/aromatic N) is 2. The van der Waals surface area contributed by atoms with Crippen molar-refractivity contribution in [1.82, 2.24) is 9.97 Å². The number of aromatic amines is 1. The van der Waals surface area contributed by atoms with Gasteiger partial charge in [-0.25, -0.2) is 4.98 Å². The smallest absolute Gasteiger partial charge is 0.269 e. The van der Waals surface area contributed by atoms with Crippen LogP contribution in [0.15, 0.2) is 58.5 Å². The molecular formula is C22H19Cl2N3O3S. The number of non-ortho nitro benzene ring substituents is 1. The van der Waals surface area contributed by atoms with Crippen LogP contribution in [0.1, 0.15) is 29.3 Å². The first kappa shape index (κ1) is 23.1. The fourth-order valence-electron chi connectivity index (χ4n) is 2.99. The Morgan fingerprint density at radius 1 is 1.13 bits per heavy atom. The van der Waals surface area contributed by atoms with E-state index in [1.54, 1.807) is 30.3 Å². The van der Waals surface area contributed by atoms with Gasteiger partial charge in [0.1, 0.15) is 0 Å². The van der Waals surface area contributed by atoms with E-state index in [9.17, 15) is 14.9 Å². The first-order chi connectivity index (χ1) is 14.9. The van der Waals surface area contributed by atoms with Crippen molar-refractivity contribution in [3.63, 3.8) is 0 Å². The van der Waals surface area contributed by atoms with Gasteiger partial charge in [-0.1, -0.05) is 60.1 Å². The van der Waals surface area contributed by atoms with Gasteiger partial charge in [0.15, 0.2) is 5.16 Å². The maximum Gasteiger partial charge on any atom is 0.269 e. The second-order valence-electron chi connectivity index (χ2n) is 6.59. The van der Waals surface area contributed by atoms with E-state index < -0.39 is 4.92 Å². The summed E-state index contributed by atoms with van der Waals surface area (Å²) in [5.74, 6) is 0.567. The number of nitrogens with one attached hydrogen (secondary N) is 1. The highest BCUT2D eigenvalue weighted by molar-refractivity contribution is 7.99. The molecule has 0 spiro atoms. The van der Waals surface area contributed by atoms with Gasteiger partial charge >= 0.3 is 0 Å². The predicted octanol–water partition coefficient (Wildman–Crippen LogP) is 5.94. The Labute approximate surface area is 193 Å². The number of thioether (sulfide) groups is 1. The molecule has 1 aromatic heterocycles. The summed E-state index contributed by atoms with van der Waals surface area (Å²) in [6.45, 7) is 1.91. The minimum absolute atomic E-state index is 0.0514. The van der Waals surface area contributed by atoms with Crippen LogP contribution in [0.4, 0.5) is 5.69 Å². The van der Waals surface area contributed by atoms with Gasteiger partial charge in [0.2, 0.25) is 0 Å². The van der Waals surface area contributed by atoms with Crippen molar-refractivity contribution < 1.29 is 4.92 Å². The molecular weight excluding hydrogens is 457 g/mol. The number of halogens is 2. The molecule has 0 aliphatic carbocycles. The molecule has 0 bridgehead atoms. The van der Waals surface area contributed by atoms with E-state index in [2.05, 4.69) is 9.97 Å². The molecule has 0 saturated carbocycles. The Balaban J connectivity index is 1.74. The maximum absolute atomic E-state index is 12.5. The second kappa shape index (κ2) is 10.6. The van der Waals surface area contributed by atoms with Crippen molar-refractivity contribution in [2.45, 2.75) is 24.9 Å². The lowest BCUT2D eigenvalue weighted by Gasteiger charge is -2.11. The zero-order chi connectivity index (χ0) is 22.4. The number of rotatable bonds is 8. The lowest BCUT2D eigenvalue weighted by molar-refractivity contribution is -0.384. The minimum Gasteiger partial charge on any atom is -0.301 e. The van der Waals surface area contributed by atoms with Crippen LogP contribution < -0.4 is 5.56 Å². The number of H-pyrrole nitrogens is 1. The van der Waals surface area contributed by atoms with Crippen molar-refractivity contribution in [3.8, 4) is 0 Å². The van der Waals surface area contributed by atoms with Crippen molar-refractivity contribution in [2.24, 2.45) is 0 Å². The monoisotopic (exact) mass is 475 g/mol. The van der Waals surface area contributed by atoms with Crippen LogP contribution in [-0.2, 0) is 12.8 Å². The molecule has 0 radical (unpaired) electrons. The summed E-state index contributed by atoms with van der Waals surface area (Å²) >= 11 is 14.0. The topological polar surface area (TPSA) is 88.9 Å². The highest BCUT2D eigenvalue weighted by Gasteiger charge is 2.14. The highest BCUT2D eigenvalue weighted by Crippen LogP contribution is 2.27. The van der Waals surface area contributed by atoms with Crippen molar-refractivity contribution in [2.75, 3.05) is 5.75 Å². The van der Waals surface area contributed by atoms with E-state index in [-0.39, 0.29) is 11.2 Å². The molecule has 160 valence electrons. The fraction of sp³-hybridized carbons (Fsp3) is 0.182. The van der Waals surface area contributed by atoms with Gasteiger partial charge in [-0.15, -0.1) is 0 Å².